The molecule has 4 heteroatoms. The van der Waals surface area contributed by atoms with Gasteiger partial charge in [0, 0.05) is 24.7 Å². The maximum absolute atomic E-state index is 12.0. The lowest BCUT2D eigenvalue weighted by Crippen LogP contribution is -2.53. The number of carbonyl (C=O) groups excluding carboxylic acids is 1. The second kappa shape index (κ2) is 5.15. The average Bonchev–Trinajstić information content (AvgIpc) is 2.26. The highest BCUT2D eigenvalue weighted by Gasteiger charge is 2.35. The molecule has 2 atom stereocenters. The second-order valence-electron chi connectivity index (χ2n) is 5.59. The van der Waals surface area contributed by atoms with Crippen molar-refractivity contribution in [2.24, 2.45) is 0 Å². The highest BCUT2D eigenvalue weighted by Crippen LogP contribution is 2.22. The zero-order chi connectivity index (χ0) is 12.3. The predicted octanol–water partition coefficient (Wildman–Crippen LogP) is 0.746. The molecule has 94 valence electrons. The standard InChI is InChI=1S/C12H24N2O2/c1-9-5-7-14(12(2,3)4)10(6-8-15)11(16)13-9/h9-10,15H,5-8H2,1-4H3,(H,13,16). The Morgan fingerprint density at radius 3 is 2.62 bits per heavy atom. The molecule has 0 saturated carbocycles. The second-order valence-corrected chi connectivity index (χ2v) is 5.59. The summed E-state index contributed by atoms with van der Waals surface area (Å²) in [4.78, 5) is 14.2. The number of rotatable bonds is 2. The summed E-state index contributed by atoms with van der Waals surface area (Å²) in [6, 6.07) is 0.0241. The Morgan fingerprint density at radius 1 is 1.50 bits per heavy atom. The summed E-state index contributed by atoms with van der Waals surface area (Å²) in [5.74, 6) is 0.0500. The van der Waals surface area contributed by atoms with Crippen molar-refractivity contribution in [3.63, 3.8) is 0 Å². The summed E-state index contributed by atoms with van der Waals surface area (Å²) in [7, 11) is 0. The van der Waals surface area contributed by atoms with Crippen LogP contribution in [0.3, 0.4) is 0 Å². The topological polar surface area (TPSA) is 52.6 Å². The highest BCUT2D eigenvalue weighted by molar-refractivity contribution is 5.82. The van der Waals surface area contributed by atoms with Gasteiger partial charge in [0.05, 0.1) is 6.04 Å². The van der Waals surface area contributed by atoms with E-state index in [1.165, 1.54) is 0 Å². The van der Waals surface area contributed by atoms with Crippen LogP contribution >= 0.6 is 0 Å². The molecule has 1 amide bonds. The average molecular weight is 228 g/mol. The van der Waals surface area contributed by atoms with E-state index in [0.717, 1.165) is 13.0 Å². The van der Waals surface area contributed by atoms with Crippen molar-refractivity contribution in [2.75, 3.05) is 13.2 Å². The minimum Gasteiger partial charge on any atom is -0.396 e. The van der Waals surface area contributed by atoms with E-state index in [4.69, 9.17) is 5.11 Å². The molecule has 0 bridgehead atoms. The molecule has 1 aliphatic rings. The third-order valence-electron chi connectivity index (χ3n) is 3.13. The van der Waals surface area contributed by atoms with Crippen molar-refractivity contribution in [3.8, 4) is 0 Å². The summed E-state index contributed by atoms with van der Waals surface area (Å²) >= 11 is 0. The van der Waals surface area contributed by atoms with Crippen molar-refractivity contribution in [1.82, 2.24) is 10.2 Å². The quantitative estimate of drug-likeness (QED) is 0.733. The van der Waals surface area contributed by atoms with Crippen LogP contribution in [0, 0.1) is 0 Å². The van der Waals surface area contributed by atoms with Crippen LogP contribution in [0.15, 0.2) is 0 Å². The van der Waals surface area contributed by atoms with Crippen LogP contribution in [-0.2, 0) is 4.79 Å². The van der Waals surface area contributed by atoms with Gasteiger partial charge >= 0.3 is 0 Å². The van der Waals surface area contributed by atoms with Crippen molar-refractivity contribution in [1.29, 1.82) is 0 Å². The maximum Gasteiger partial charge on any atom is 0.237 e. The predicted molar refractivity (Wildman–Crippen MR) is 64.2 cm³/mol. The molecule has 0 spiro atoms. The number of amides is 1. The van der Waals surface area contributed by atoms with Crippen LogP contribution in [-0.4, -0.2) is 46.7 Å². The van der Waals surface area contributed by atoms with Gasteiger partial charge in [-0.3, -0.25) is 9.69 Å². The molecule has 1 fully saturated rings. The molecule has 4 nitrogen and oxygen atoms in total. The van der Waals surface area contributed by atoms with Crippen molar-refractivity contribution >= 4 is 5.91 Å². The van der Waals surface area contributed by atoms with Crippen LogP contribution in [0.2, 0.25) is 0 Å². The molecule has 0 radical (unpaired) electrons. The number of nitrogens with zero attached hydrogens (tertiary/aromatic N) is 1. The van der Waals surface area contributed by atoms with E-state index < -0.39 is 0 Å². The number of hydrogen-bond donors (Lipinski definition) is 2. The summed E-state index contributed by atoms with van der Waals surface area (Å²) in [6.07, 6.45) is 1.47. The fourth-order valence-corrected chi connectivity index (χ4v) is 2.25. The Balaban J connectivity index is 2.88. The first-order chi connectivity index (χ1) is 7.36. The highest BCUT2D eigenvalue weighted by atomic mass is 16.3. The molecule has 0 aliphatic carbocycles. The molecule has 0 aromatic heterocycles. The number of hydrogen-bond acceptors (Lipinski definition) is 3. The third kappa shape index (κ3) is 3.19. The third-order valence-corrected chi connectivity index (χ3v) is 3.13. The number of aliphatic hydroxyl groups excluding tert-OH is 1. The Labute approximate surface area is 98.0 Å². The van der Waals surface area contributed by atoms with E-state index in [1.54, 1.807) is 0 Å². The van der Waals surface area contributed by atoms with E-state index in [2.05, 4.69) is 31.0 Å². The van der Waals surface area contributed by atoms with Crippen molar-refractivity contribution in [2.45, 2.75) is 58.2 Å². The molecule has 1 heterocycles. The van der Waals surface area contributed by atoms with Gasteiger partial charge in [0.2, 0.25) is 5.91 Å². The van der Waals surface area contributed by atoms with Gasteiger partial charge in [0.15, 0.2) is 0 Å². The van der Waals surface area contributed by atoms with E-state index in [1.807, 2.05) is 6.92 Å². The Hall–Kier alpha value is -0.610. The van der Waals surface area contributed by atoms with Gasteiger partial charge in [0.25, 0.3) is 0 Å². The largest absolute Gasteiger partial charge is 0.396 e. The lowest BCUT2D eigenvalue weighted by molar-refractivity contribution is -0.128. The summed E-state index contributed by atoms with van der Waals surface area (Å²) in [5, 5.41) is 12.1. The van der Waals surface area contributed by atoms with Crippen molar-refractivity contribution < 1.29 is 9.90 Å². The monoisotopic (exact) mass is 228 g/mol. The van der Waals surface area contributed by atoms with Gasteiger partial charge in [0.1, 0.15) is 0 Å². The number of aliphatic hydroxyl groups is 1. The molecule has 1 aliphatic heterocycles. The molecule has 0 aromatic rings. The molecular weight excluding hydrogens is 204 g/mol. The van der Waals surface area contributed by atoms with Crippen LogP contribution in [0.25, 0.3) is 0 Å². The first-order valence-electron chi connectivity index (χ1n) is 6.04. The maximum atomic E-state index is 12.0. The minimum atomic E-state index is -0.199. The zero-order valence-corrected chi connectivity index (χ0v) is 10.8. The Morgan fingerprint density at radius 2 is 2.12 bits per heavy atom. The molecule has 0 aromatic carbocycles. The summed E-state index contributed by atoms with van der Waals surface area (Å²) < 4.78 is 0. The van der Waals surface area contributed by atoms with E-state index in [9.17, 15) is 4.79 Å². The lowest BCUT2D eigenvalue weighted by atomic mass is 10.0. The first-order valence-corrected chi connectivity index (χ1v) is 6.04. The smallest absolute Gasteiger partial charge is 0.237 e. The van der Waals surface area contributed by atoms with Gasteiger partial charge in [-0.2, -0.15) is 0 Å². The molecular formula is C12H24N2O2. The minimum absolute atomic E-state index is 0.0404. The van der Waals surface area contributed by atoms with Gasteiger partial charge in [-0.25, -0.2) is 0 Å². The van der Waals surface area contributed by atoms with Gasteiger partial charge in [-0.05, 0) is 40.5 Å². The molecule has 2 unspecified atom stereocenters. The molecule has 1 saturated heterocycles. The van der Waals surface area contributed by atoms with Gasteiger partial charge in [-0.1, -0.05) is 0 Å². The summed E-state index contributed by atoms with van der Waals surface area (Å²) in [6.45, 7) is 9.31. The number of carbonyl (C=O) groups is 1. The number of nitrogens with one attached hydrogen (secondary N) is 1. The van der Waals surface area contributed by atoms with E-state index in [0.29, 0.717) is 6.42 Å². The summed E-state index contributed by atoms with van der Waals surface area (Å²) in [5.41, 5.74) is -0.0404. The van der Waals surface area contributed by atoms with Gasteiger partial charge in [-0.15, -0.1) is 0 Å². The van der Waals surface area contributed by atoms with Crippen LogP contribution in [0.1, 0.15) is 40.5 Å². The fraction of sp³-hybridized carbons (Fsp3) is 0.917. The SMILES string of the molecule is CC1CCN(C(C)(C)C)C(CCO)C(=O)N1. The Bertz CT molecular complexity index is 248. The van der Waals surface area contributed by atoms with Gasteiger partial charge < -0.3 is 10.4 Å². The molecule has 2 N–H and O–H groups in total. The normalized spacial score (nSPS) is 28.7. The zero-order valence-electron chi connectivity index (χ0n) is 10.8. The van der Waals surface area contributed by atoms with E-state index in [-0.39, 0.29) is 30.1 Å². The van der Waals surface area contributed by atoms with Crippen LogP contribution < -0.4 is 5.32 Å². The lowest BCUT2D eigenvalue weighted by Gasteiger charge is -2.39. The van der Waals surface area contributed by atoms with Crippen molar-refractivity contribution in [3.05, 3.63) is 0 Å². The fourth-order valence-electron chi connectivity index (χ4n) is 2.25. The van der Waals surface area contributed by atoms with E-state index >= 15 is 0 Å². The van der Waals surface area contributed by atoms with Crippen LogP contribution in [0.5, 0.6) is 0 Å². The first kappa shape index (κ1) is 13.5. The van der Waals surface area contributed by atoms with Crippen LogP contribution in [0.4, 0.5) is 0 Å². The molecule has 16 heavy (non-hydrogen) atoms. The Kier molecular flexibility index (Phi) is 4.33. The molecule has 1 rings (SSSR count).